The Morgan fingerprint density at radius 1 is 0.600 bits per heavy atom. The minimum atomic E-state index is -2.87. The summed E-state index contributed by atoms with van der Waals surface area (Å²) in [4.78, 5) is 36.8. The number of rotatable bonds is 13. The molecule has 80 heavy (non-hydrogen) atoms. The summed E-state index contributed by atoms with van der Waals surface area (Å²) < 4.78 is 24.2. The molecule has 1 unspecified atom stereocenters. The van der Waals surface area contributed by atoms with Crippen molar-refractivity contribution < 1.29 is 18.4 Å². The van der Waals surface area contributed by atoms with Gasteiger partial charge in [-0.1, -0.05) is 106 Å². The monoisotopic (exact) mass is 1270 g/mol. The highest BCUT2D eigenvalue weighted by molar-refractivity contribution is 9.10. The van der Waals surface area contributed by atoms with Crippen molar-refractivity contribution in [1.82, 2.24) is 19.9 Å². The van der Waals surface area contributed by atoms with Crippen molar-refractivity contribution >= 4 is 126 Å². The zero-order chi connectivity index (χ0) is 56.9. The van der Waals surface area contributed by atoms with E-state index in [1.807, 2.05) is 169 Å². The Labute approximate surface area is 500 Å². The number of halogens is 3. The van der Waals surface area contributed by atoms with Gasteiger partial charge in [0.05, 0.1) is 39.2 Å². The van der Waals surface area contributed by atoms with E-state index in [0.717, 1.165) is 92.3 Å². The van der Waals surface area contributed by atoms with E-state index < -0.39 is 14.8 Å². The number of phenols is 1. The molecule has 0 aliphatic carbocycles. The molecule has 0 amide bonds. The van der Waals surface area contributed by atoms with E-state index in [1.54, 1.807) is 69.6 Å². The van der Waals surface area contributed by atoms with Crippen LogP contribution in [0.1, 0.15) is 12.0 Å². The van der Waals surface area contributed by atoms with E-state index in [9.17, 15) is 23.6 Å². The lowest BCUT2D eigenvalue weighted by Crippen LogP contribution is -2.32. The highest BCUT2D eigenvalue weighted by Gasteiger charge is 2.32. The third-order valence-corrected chi connectivity index (χ3v) is 18.9. The quantitative estimate of drug-likeness (QED) is 0.0858. The molecule has 0 radical (unpaired) electrons. The van der Waals surface area contributed by atoms with Gasteiger partial charge in [-0.3, -0.25) is 10.1 Å². The van der Waals surface area contributed by atoms with Crippen LogP contribution in [0.2, 0.25) is 10.0 Å². The van der Waals surface area contributed by atoms with E-state index >= 15 is 0 Å². The van der Waals surface area contributed by atoms with Crippen LogP contribution in [0.15, 0.2) is 178 Å². The Balaban J connectivity index is 0.000000142. The molecule has 0 bridgehead atoms. The highest BCUT2D eigenvalue weighted by atomic mass is 79.9. The zero-order valence-electron chi connectivity index (χ0n) is 43.9. The predicted molar refractivity (Wildman–Crippen MR) is 339 cm³/mol. The first-order chi connectivity index (χ1) is 38.4. The summed E-state index contributed by atoms with van der Waals surface area (Å²) in [7, 11) is 7.00. The number of non-ortho nitro benzene ring substituents is 1. The van der Waals surface area contributed by atoms with Gasteiger partial charge in [-0.15, -0.1) is 45.3 Å². The van der Waals surface area contributed by atoms with Crippen LogP contribution in [-0.2, 0) is 16.4 Å². The number of anilines is 5. The van der Waals surface area contributed by atoms with E-state index in [0.29, 0.717) is 6.42 Å². The molecule has 1 atom stereocenters. The number of aromatic nitrogens is 4. The van der Waals surface area contributed by atoms with E-state index in [1.165, 1.54) is 17.7 Å². The first-order valence-corrected chi connectivity index (χ1v) is 31.5. The van der Waals surface area contributed by atoms with Crippen molar-refractivity contribution in [2.75, 3.05) is 66.3 Å². The molecule has 10 aromatic rings. The number of nitro benzene ring substituents is 1. The molecule has 1 N–H and O–H groups in total. The molecule has 1 fully saturated rings. The number of nitrogens with zero attached hydrogens (tertiary/aromatic N) is 9. The van der Waals surface area contributed by atoms with Crippen LogP contribution in [0.25, 0.3) is 45.0 Å². The van der Waals surface area contributed by atoms with Crippen molar-refractivity contribution in [2.45, 2.75) is 19.0 Å². The average Bonchev–Trinajstić information content (AvgIpc) is 4.34. The van der Waals surface area contributed by atoms with Gasteiger partial charge in [0.1, 0.15) is 5.75 Å². The predicted octanol–water partition coefficient (Wildman–Crippen LogP) is 16.0. The molecule has 1 aliphatic rings. The van der Waals surface area contributed by atoms with Crippen LogP contribution >= 0.6 is 84.5 Å². The minimum absolute atomic E-state index is 0.0407. The molecule has 14 nitrogen and oxygen atoms in total. The van der Waals surface area contributed by atoms with Gasteiger partial charge in [-0.05, 0) is 84.8 Å². The number of sulfone groups is 1. The second-order valence-electron chi connectivity index (χ2n) is 18.4. The number of nitro groups is 1. The largest absolute Gasteiger partial charge is 0.508 e. The van der Waals surface area contributed by atoms with Crippen LogP contribution < -0.4 is 19.6 Å². The van der Waals surface area contributed by atoms with Crippen LogP contribution in [0.5, 0.6) is 5.75 Å². The molecule has 1 aliphatic heterocycles. The van der Waals surface area contributed by atoms with E-state index in [-0.39, 0.29) is 29.0 Å². The fourth-order valence-corrected chi connectivity index (χ4v) is 13.4. The maximum atomic E-state index is 11.6. The van der Waals surface area contributed by atoms with Gasteiger partial charge < -0.3 is 24.7 Å². The smallest absolute Gasteiger partial charge is 0.269 e. The summed E-state index contributed by atoms with van der Waals surface area (Å²) in [6, 6.07) is 47.1. The molecule has 412 valence electrons. The summed E-state index contributed by atoms with van der Waals surface area (Å²) >= 11 is 21.5. The number of phenolic OH excluding ortho intramolecular Hbond substituents is 1. The standard InChI is InChI=1S/C17H15N3O2S.C16H13ClN2OS.C14H15BrN2O2S2.C11H11ClN2S/c1-19(11-13-5-3-2-4-6-13)17-18-16(12-23-17)14-7-9-15(10-8-14)20(21)22;1-19(13-6-8-14(20)9-7-13)16-18-15(10-21-16)11-2-4-12(17)5-3-11;1-17(12-6-7-21(18,19)9-12)14-16-13(8-20-14)10-2-4-11(15)5-3-10;1-14(2)11-13-10(7-15-11)8-3-5-9(12)6-4-8/h2-10,12H,11H2,1H3;2-10,20H,1H3;2-5,8,12H,6-7,9H2,1H3;3-7H,1-2H3. The van der Waals surface area contributed by atoms with Gasteiger partial charge in [0.2, 0.25) is 0 Å². The van der Waals surface area contributed by atoms with Gasteiger partial charge in [-0.25, -0.2) is 28.4 Å². The van der Waals surface area contributed by atoms with Gasteiger partial charge >= 0.3 is 0 Å². The van der Waals surface area contributed by atoms with Crippen molar-refractivity contribution in [1.29, 1.82) is 0 Å². The fourth-order valence-electron chi connectivity index (χ4n) is 7.85. The molecule has 0 spiro atoms. The van der Waals surface area contributed by atoms with Crippen LogP contribution in [0.4, 0.5) is 31.9 Å². The molecule has 0 saturated carbocycles. The first kappa shape index (κ1) is 59.4. The fraction of sp³-hybridized carbons (Fsp3) is 0.172. The van der Waals surface area contributed by atoms with Gasteiger partial charge in [0.15, 0.2) is 30.4 Å². The Kier molecular flexibility index (Phi) is 20.5. The summed E-state index contributed by atoms with van der Waals surface area (Å²) in [6.45, 7) is 0.786. The van der Waals surface area contributed by atoms with Gasteiger partial charge in [0, 0.05) is 124 Å². The lowest BCUT2D eigenvalue weighted by Gasteiger charge is -2.22. The lowest BCUT2D eigenvalue weighted by atomic mass is 10.1. The second-order valence-corrected chi connectivity index (χ2v) is 25.7. The Morgan fingerprint density at radius 3 is 1.51 bits per heavy atom. The minimum Gasteiger partial charge on any atom is -0.508 e. The maximum absolute atomic E-state index is 11.6. The molecular weight excluding hydrogens is 1210 g/mol. The van der Waals surface area contributed by atoms with Gasteiger partial charge in [0.25, 0.3) is 5.69 Å². The van der Waals surface area contributed by atoms with E-state index in [2.05, 4.69) is 58.3 Å². The molecule has 1 saturated heterocycles. The second kappa shape index (κ2) is 27.6. The summed E-state index contributed by atoms with van der Waals surface area (Å²) in [5.74, 6) is 0.775. The number of benzene rings is 6. The van der Waals surface area contributed by atoms with Crippen LogP contribution in [-0.4, -0.2) is 91.2 Å². The van der Waals surface area contributed by atoms with Crippen molar-refractivity contribution in [3.8, 4) is 50.8 Å². The zero-order valence-corrected chi connectivity index (χ0v) is 51.1. The lowest BCUT2D eigenvalue weighted by molar-refractivity contribution is -0.384. The molecular formula is C58H54BrCl2N9O5S5. The Hall–Kier alpha value is -6.75. The van der Waals surface area contributed by atoms with Crippen LogP contribution in [0, 0.1) is 10.1 Å². The molecule has 5 heterocycles. The van der Waals surface area contributed by atoms with Crippen molar-refractivity contribution in [3.05, 3.63) is 203 Å². The van der Waals surface area contributed by atoms with Crippen molar-refractivity contribution in [3.63, 3.8) is 0 Å². The molecule has 6 aromatic carbocycles. The van der Waals surface area contributed by atoms with Crippen molar-refractivity contribution in [2.24, 2.45) is 0 Å². The topological polar surface area (TPSA) is 162 Å². The summed E-state index contributed by atoms with van der Waals surface area (Å²) in [6.07, 6.45) is 0.687. The summed E-state index contributed by atoms with van der Waals surface area (Å²) in [5, 5.41) is 33.3. The normalized spacial score (nSPS) is 13.1. The van der Waals surface area contributed by atoms with Gasteiger partial charge in [-0.2, -0.15) is 0 Å². The number of hydrogen-bond acceptors (Lipinski definition) is 17. The first-order valence-electron chi connectivity index (χ1n) is 24.6. The number of hydrogen-bond donors (Lipinski definition) is 1. The number of thiazole rings is 4. The Morgan fingerprint density at radius 2 is 1.04 bits per heavy atom. The highest BCUT2D eigenvalue weighted by Crippen LogP contribution is 2.34. The third-order valence-electron chi connectivity index (χ3n) is 12.3. The molecule has 4 aromatic heterocycles. The SMILES string of the molecule is CN(C)c1nc(-c2ccc(Cl)cc2)cs1.CN(Cc1ccccc1)c1nc(-c2ccc([N+](=O)[O-])cc2)cs1.CN(c1ccc(O)cc1)c1nc(-c2ccc(Cl)cc2)cs1.CN(c1nc(-c2ccc(Br)cc2)cs1)C1CCS(=O)(=O)C1. The van der Waals surface area contributed by atoms with E-state index in [4.69, 9.17) is 23.2 Å². The summed E-state index contributed by atoms with van der Waals surface area (Å²) in [5.41, 5.74) is 10.1. The number of aromatic hydroxyl groups is 1. The average molecular weight is 1270 g/mol. The van der Waals surface area contributed by atoms with Crippen LogP contribution in [0.3, 0.4) is 0 Å². The molecule has 11 rings (SSSR count). The molecule has 22 heteroatoms. The maximum Gasteiger partial charge on any atom is 0.269 e. The third kappa shape index (κ3) is 16.4. The Bertz CT molecular complexity index is 3700.